The van der Waals surface area contributed by atoms with Crippen LogP contribution in [0.5, 0.6) is 17.2 Å². The van der Waals surface area contributed by atoms with Crippen molar-refractivity contribution in [3.63, 3.8) is 0 Å². The van der Waals surface area contributed by atoms with Crippen molar-refractivity contribution in [1.82, 2.24) is 10.6 Å². The van der Waals surface area contributed by atoms with Crippen LogP contribution in [0.2, 0.25) is 0 Å². The molecule has 138 valence electrons. The van der Waals surface area contributed by atoms with E-state index in [0.29, 0.717) is 29.4 Å². The highest BCUT2D eigenvalue weighted by Crippen LogP contribution is 2.38. The Hall–Kier alpha value is -2.09. The summed E-state index contributed by atoms with van der Waals surface area (Å²) in [7, 11) is 4.60. The number of carbonyl (C=O) groups excluding carboxylic acids is 1. The maximum absolute atomic E-state index is 13.0. The van der Waals surface area contributed by atoms with Crippen molar-refractivity contribution in [3.05, 3.63) is 52.0 Å². The van der Waals surface area contributed by atoms with Crippen LogP contribution in [0.15, 0.2) is 40.9 Å². The molecule has 2 aromatic rings. The van der Waals surface area contributed by atoms with Gasteiger partial charge in [-0.15, -0.1) is 0 Å². The van der Waals surface area contributed by atoms with Crippen LogP contribution in [0, 0.1) is 0 Å². The molecule has 0 amide bonds. The summed E-state index contributed by atoms with van der Waals surface area (Å²) >= 11 is 3.43. The molecule has 1 saturated heterocycles. The molecule has 26 heavy (non-hydrogen) atoms. The lowest BCUT2D eigenvalue weighted by Crippen LogP contribution is -2.34. The summed E-state index contributed by atoms with van der Waals surface area (Å²) in [5.74, 6) is 1.37. The molecule has 6 nitrogen and oxygen atoms in total. The Kier molecular flexibility index (Phi) is 5.80. The number of halogens is 1. The molecule has 2 N–H and O–H groups in total. The Morgan fingerprint density at radius 3 is 2.19 bits per heavy atom. The maximum atomic E-state index is 13.0. The second-order valence-corrected chi connectivity index (χ2v) is 6.81. The van der Waals surface area contributed by atoms with Gasteiger partial charge in [0.1, 0.15) is 0 Å². The molecule has 0 radical (unpaired) electrons. The lowest BCUT2D eigenvalue weighted by Gasteiger charge is -2.16. The molecule has 2 atom stereocenters. The molecule has 3 rings (SSSR count). The molecular weight excluding hydrogens is 400 g/mol. The van der Waals surface area contributed by atoms with Crippen LogP contribution in [0.25, 0.3) is 0 Å². The van der Waals surface area contributed by atoms with Gasteiger partial charge in [-0.1, -0.05) is 28.1 Å². The fourth-order valence-electron chi connectivity index (χ4n) is 3.02. The normalized spacial score (nSPS) is 19.2. The molecule has 0 bridgehead atoms. The number of ketones is 1. The van der Waals surface area contributed by atoms with E-state index in [2.05, 4.69) is 26.6 Å². The molecule has 2 unspecified atom stereocenters. The van der Waals surface area contributed by atoms with Crippen molar-refractivity contribution in [2.24, 2.45) is 0 Å². The average Bonchev–Trinajstić information content (AvgIpc) is 3.16. The second kappa shape index (κ2) is 8.07. The standard InChI is InChI=1S/C19H21BrN2O4/c1-24-15-8-12(9-16(25-2)18(15)26-3)17(23)14-10-21-19(22-14)11-4-6-13(20)7-5-11/h4-9,14,19,21-22H,10H2,1-3H3. The number of carbonyl (C=O) groups is 1. The lowest BCUT2D eigenvalue weighted by molar-refractivity contribution is 0.0954. The number of nitrogens with one attached hydrogen (secondary N) is 2. The number of benzene rings is 2. The summed E-state index contributed by atoms with van der Waals surface area (Å²) in [6, 6.07) is 11.0. The van der Waals surface area contributed by atoms with Crippen molar-refractivity contribution in [2.45, 2.75) is 12.2 Å². The van der Waals surface area contributed by atoms with Crippen molar-refractivity contribution in [3.8, 4) is 17.2 Å². The van der Waals surface area contributed by atoms with E-state index in [0.717, 1.165) is 10.0 Å². The Labute approximate surface area is 161 Å². The van der Waals surface area contributed by atoms with E-state index in [1.54, 1.807) is 12.1 Å². The average molecular weight is 421 g/mol. The lowest BCUT2D eigenvalue weighted by atomic mass is 10.0. The first-order valence-corrected chi connectivity index (χ1v) is 8.95. The number of ether oxygens (including phenoxy) is 3. The monoisotopic (exact) mass is 420 g/mol. The predicted octanol–water partition coefficient (Wildman–Crippen LogP) is 2.92. The van der Waals surface area contributed by atoms with Gasteiger partial charge >= 0.3 is 0 Å². The van der Waals surface area contributed by atoms with E-state index in [9.17, 15) is 4.79 Å². The largest absolute Gasteiger partial charge is 0.493 e. The summed E-state index contributed by atoms with van der Waals surface area (Å²) in [5, 5.41) is 6.68. The number of Topliss-reactive ketones (excluding diaryl/α,β-unsaturated/α-hetero) is 1. The minimum absolute atomic E-state index is 0.0311. The highest BCUT2D eigenvalue weighted by atomic mass is 79.9. The number of methoxy groups -OCH3 is 3. The van der Waals surface area contributed by atoms with Crippen molar-refractivity contribution < 1.29 is 19.0 Å². The zero-order valence-corrected chi connectivity index (χ0v) is 16.4. The third-order valence-corrected chi connectivity index (χ3v) is 4.89. The van der Waals surface area contributed by atoms with E-state index in [-0.39, 0.29) is 18.0 Å². The summed E-state index contributed by atoms with van der Waals surface area (Å²) in [4.78, 5) is 13.0. The summed E-state index contributed by atoms with van der Waals surface area (Å²) < 4.78 is 17.0. The van der Waals surface area contributed by atoms with Crippen molar-refractivity contribution in [1.29, 1.82) is 0 Å². The Morgan fingerprint density at radius 1 is 1.04 bits per heavy atom. The summed E-state index contributed by atoms with van der Waals surface area (Å²) in [5.41, 5.74) is 1.59. The van der Waals surface area contributed by atoms with Gasteiger partial charge in [-0.3, -0.25) is 15.4 Å². The molecule has 7 heteroatoms. The molecule has 1 aliphatic heterocycles. The zero-order valence-electron chi connectivity index (χ0n) is 14.8. The number of hydrogen-bond donors (Lipinski definition) is 2. The first-order chi connectivity index (χ1) is 12.6. The smallest absolute Gasteiger partial charge is 0.203 e. The van der Waals surface area contributed by atoms with Crippen LogP contribution in [0.4, 0.5) is 0 Å². The SMILES string of the molecule is COc1cc(C(=O)C2CNC(c3ccc(Br)cc3)N2)cc(OC)c1OC. The molecule has 0 aliphatic carbocycles. The van der Waals surface area contributed by atoms with Crippen LogP contribution in [-0.2, 0) is 0 Å². The van der Waals surface area contributed by atoms with E-state index < -0.39 is 0 Å². The quantitative estimate of drug-likeness (QED) is 0.700. The molecular formula is C19H21BrN2O4. The number of rotatable bonds is 6. The molecule has 1 fully saturated rings. The van der Waals surface area contributed by atoms with E-state index >= 15 is 0 Å². The molecule has 2 aromatic carbocycles. The first kappa shape index (κ1) is 18.7. The Morgan fingerprint density at radius 2 is 1.65 bits per heavy atom. The molecule has 0 spiro atoms. The minimum Gasteiger partial charge on any atom is -0.493 e. The topological polar surface area (TPSA) is 68.8 Å². The van der Waals surface area contributed by atoms with Crippen LogP contribution >= 0.6 is 15.9 Å². The van der Waals surface area contributed by atoms with Gasteiger partial charge < -0.3 is 14.2 Å². The molecule has 1 aliphatic rings. The Balaban J connectivity index is 1.80. The third-order valence-electron chi connectivity index (χ3n) is 4.36. The molecule has 0 aromatic heterocycles. The van der Waals surface area contributed by atoms with Crippen molar-refractivity contribution in [2.75, 3.05) is 27.9 Å². The van der Waals surface area contributed by atoms with Gasteiger partial charge in [0.2, 0.25) is 5.75 Å². The van der Waals surface area contributed by atoms with E-state index in [4.69, 9.17) is 14.2 Å². The summed E-state index contributed by atoms with van der Waals surface area (Å²) in [6.45, 7) is 0.538. The van der Waals surface area contributed by atoms with Crippen LogP contribution in [0.1, 0.15) is 22.1 Å². The van der Waals surface area contributed by atoms with Crippen LogP contribution < -0.4 is 24.8 Å². The van der Waals surface area contributed by atoms with E-state index in [1.807, 2.05) is 24.3 Å². The zero-order chi connectivity index (χ0) is 18.7. The summed E-state index contributed by atoms with van der Waals surface area (Å²) in [6.07, 6.45) is -0.0703. The van der Waals surface area contributed by atoms with Gasteiger partial charge in [-0.2, -0.15) is 0 Å². The second-order valence-electron chi connectivity index (χ2n) is 5.89. The van der Waals surface area contributed by atoms with Gasteiger partial charge in [0.15, 0.2) is 17.3 Å². The number of hydrogen-bond acceptors (Lipinski definition) is 6. The third kappa shape index (κ3) is 3.70. The molecule has 1 heterocycles. The van der Waals surface area contributed by atoms with Crippen LogP contribution in [-0.4, -0.2) is 39.7 Å². The predicted molar refractivity (Wildman–Crippen MR) is 102 cm³/mol. The fraction of sp³-hybridized carbons (Fsp3) is 0.316. The maximum Gasteiger partial charge on any atom is 0.203 e. The van der Waals surface area contributed by atoms with Gasteiger partial charge in [0.25, 0.3) is 0 Å². The molecule has 0 saturated carbocycles. The highest BCUT2D eigenvalue weighted by molar-refractivity contribution is 9.10. The van der Waals surface area contributed by atoms with Crippen LogP contribution in [0.3, 0.4) is 0 Å². The minimum atomic E-state index is -0.341. The Bertz CT molecular complexity index is 770. The van der Waals surface area contributed by atoms with E-state index in [1.165, 1.54) is 21.3 Å². The first-order valence-electron chi connectivity index (χ1n) is 8.16. The van der Waals surface area contributed by atoms with Crippen molar-refractivity contribution >= 4 is 21.7 Å². The van der Waals surface area contributed by atoms with Gasteiger partial charge in [0.05, 0.1) is 33.5 Å². The van der Waals surface area contributed by atoms with Gasteiger partial charge in [-0.05, 0) is 29.8 Å². The fourth-order valence-corrected chi connectivity index (χ4v) is 3.28. The van der Waals surface area contributed by atoms with Gasteiger partial charge in [0, 0.05) is 16.6 Å². The highest BCUT2D eigenvalue weighted by Gasteiger charge is 2.31. The van der Waals surface area contributed by atoms with Gasteiger partial charge in [-0.25, -0.2) is 0 Å².